The predicted molar refractivity (Wildman–Crippen MR) is 95.1 cm³/mol. The number of fused-ring (bicyclic) bond motifs is 2. The number of anilines is 1. The van der Waals surface area contributed by atoms with Crippen molar-refractivity contribution >= 4 is 28.2 Å². The van der Waals surface area contributed by atoms with Gasteiger partial charge in [0.25, 0.3) is 0 Å². The highest BCUT2D eigenvalue weighted by Gasteiger charge is 2.18. The summed E-state index contributed by atoms with van der Waals surface area (Å²) < 4.78 is 0. The van der Waals surface area contributed by atoms with E-state index in [1.165, 1.54) is 5.39 Å². The molecule has 3 aromatic rings. The first-order valence-electron chi connectivity index (χ1n) is 8.08. The molecule has 1 aliphatic rings. The van der Waals surface area contributed by atoms with Crippen LogP contribution in [-0.2, 0) is 28.9 Å². The Hall–Kier alpha value is -2.94. The Kier molecular flexibility index (Phi) is 3.62. The van der Waals surface area contributed by atoms with E-state index >= 15 is 0 Å². The van der Waals surface area contributed by atoms with Gasteiger partial charge in [-0.3, -0.25) is 9.59 Å². The smallest absolute Gasteiger partial charge is 0.228 e. The number of hydrogen-bond donors (Lipinski definition) is 1. The van der Waals surface area contributed by atoms with E-state index in [1.807, 2.05) is 36.4 Å². The minimum absolute atomic E-state index is 0.0182. The minimum atomic E-state index is 0.0182. The quantitative estimate of drug-likeness (QED) is 0.798. The summed E-state index contributed by atoms with van der Waals surface area (Å²) in [5.74, 6) is 0.201. The van der Waals surface area contributed by atoms with Crippen LogP contribution in [0.15, 0.2) is 60.7 Å². The zero-order chi connectivity index (χ0) is 16.5. The Morgan fingerprint density at radius 2 is 1.58 bits per heavy atom. The van der Waals surface area contributed by atoms with Crippen LogP contribution >= 0.6 is 0 Å². The molecule has 3 nitrogen and oxygen atoms in total. The van der Waals surface area contributed by atoms with Crippen LogP contribution in [0.1, 0.15) is 16.7 Å². The normalized spacial score (nSPS) is 12.9. The molecule has 0 radical (unpaired) electrons. The van der Waals surface area contributed by atoms with Crippen molar-refractivity contribution in [1.82, 2.24) is 0 Å². The fourth-order valence-electron chi connectivity index (χ4n) is 3.26. The molecule has 1 heterocycles. The van der Waals surface area contributed by atoms with E-state index in [9.17, 15) is 9.59 Å². The molecule has 0 fully saturated rings. The van der Waals surface area contributed by atoms with Crippen molar-refractivity contribution in [3.05, 3.63) is 77.4 Å². The fraction of sp³-hybridized carbons (Fsp3) is 0.143. The van der Waals surface area contributed by atoms with Gasteiger partial charge >= 0.3 is 0 Å². The van der Waals surface area contributed by atoms with Crippen LogP contribution in [0.5, 0.6) is 0 Å². The Morgan fingerprint density at radius 1 is 0.875 bits per heavy atom. The van der Waals surface area contributed by atoms with Crippen LogP contribution in [0.4, 0.5) is 5.69 Å². The van der Waals surface area contributed by atoms with Crippen LogP contribution in [0.3, 0.4) is 0 Å². The number of carbonyl (C=O) groups excluding carboxylic acids is 2. The van der Waals surface area contributed by atoms with E-state index in [0.717, 1.165) is 27.8 Å². The topological polar surface area (TPSA) is 46.2 Å². The molecular formula is C21H17NO2. The molecule has 24 heavy (non-hydrogen) atoms. The molecule has 118 valence electrons. The van der Waals surface area contributed by atoms with Gasteiger partial charge in [0.2, 0.25) is 5.91 Å². The van der Waals surface area contributed by atoms with Gasteiger partial charge in [-0.2, -0.15) is 0 Å². The number of rotatable bonds is 4. The van der Waals surface area contributed by atoms with Gasteiger partial charge in [-0.25, -0.2) is 0 Å². The third-order valence-electron chi connectivity index (χ3n) is 4.41. The van der Waals surface area contributed by atoms with Gasteiger partial charge < -0.3 is 5.32 Å². The summed E-state index contributed by atoms with van der Waals surface area (Å²) >= 11 is 0. The van der Waals surface area contributed by atoms with Crippen LogP contribution in [-0.4, -0.2) is 11.7 Å². The lowest BCUT2D eigenvalue weighted by atomic mass is 9.99. The van der Waals surface area contributed by atoms with Crippen molar-refractivity contribution in [1.29, 1.82) is 0 Å². The largest absolute Gasteiger partial charge is 0.326 e. The highest BCUT2D eigenvalue weighted by atomic mass is 16.1. The van der Waals surface area contributed by atoms with Gasteiger partial charge in [-0.05, 0) is 33.5 Å². The molecule has 3 aromatic carbocycles. The van der Waals surface area contributed by atoms with E-state index in [-0.39, 0.29) is 11.7 Å². The number of ketones is 1. The zero-order valence-electron chi connectivity index (χ0n) is 13.2. The molecule has 0 unspecified atom stereocenters. The molecule has 0 saturated heterocycles. The Morgan fingerprint density at radius 3 is 2.42 bits per heavy atom. The van der Waals surface area contributed by atoms with Crippen LogP contribution in [0.25, 0.3) is 10.8 Å². The van der Waals surface area contributed by atoms with Gasteiger partial charge in [0.1, 0.15) is 5.78 Å². The van der Waals surface area contributed by atoms with Gasteiger partial charge in [-0.1, -0.05) is 54.6 Å². The van der Waals surface area contributed by atoms with Crippen molar-refractivity contribution in [2.24, 2.45) is 0 Å². The first kappa shape index (κ1) is 14.6. The van der Waals surface area contributed by atoms with Gasteiger partial charge in [-0.15, -0.1) is 0 Å². The average Bonchev–Trinajstić information content (AvgIpc) is 2.94. The van der Waals surface area contributed by atoms with E-state index < -0.39 is 0 Å². The fourth-order valence-corrected chi connectivity index (χ4v) is 3.26. The Balaban J connectivity index is 1.48. The third kappa shape index (κ3) is 2.93. The van der Waals surface area contributed by atoms with Crippen molar-refractivity contribution in [3.8, 4) is 0 Å². The monoisotopic (exact) mass is 315 g/mol. The second-order valence-corrected chi connectivity index (χ2v) is 6.29. The number of Topliss-reactive ketones (excluding diaryl/α,β-unsaturated/α-hetero) is 1. The number of nitrogens with one attached hydrogen (secondary N) is 1. The lowest BCUT2D eigenvalue weighted by molar-refractivity contribution is -0.118. The maximum Gasteiger partial charge on any atom is 0.228 e. The molecule has 4 rings (SSSR count). The van der Waals surface area contributed by atoms with Crippen molar-refractivity contribution in [3.63, 3.8) is 0 Å². The lowest BCUT2D eigenvalue weighted by Gasteiger charge is -2.06. The molecule has 3 heteroatoms. The Bertz CT molecular complexity index is 959. The summed E-state index contributed by atoms with van der Waals surface area (Å²) in [6.07, 6.45) is 1.23. The first-order chi connectivity index (χ1) is 11.7. The van der Waals surface area contributed by atoms with Gasteiger partial charge in [0.15, 0.2) is 0 Å². The number of carbonyl (C=O) groups is 2. The number of hydrogen-bond acceptors (Lipinski definition) is 2. The van der Waals surface area contributed by atoms with Crippen molar-refractivity contribution < 1.29 is 9.59 Å². The second kappa shape index (κ2) is 5.93. The number of benzene rings is 3. The summed E-state index contributed by atoms with van der Waals surface area (Å²) in [7, 11) is 0. The summed E-state index contributed by atoms with van der Waals surface area (Å²) in [5.41, 5.74) is 3.86. The molecule has 0 bridgehead atoms. The maximum atomic E-state index is 12.4. The zero-order valence-corrected chi connectivity index (χ0v) is 13.2. The SMILES string of the molecule is O=C(Cc1ccc2c(c1)CC(=O)N2)Cc1ccc2ccccc2c1. The Labute approximate surface area is 140 Å². The average molecular weight is 315 g/mol. The van der Waals surface area contributed by atoms with E-state index in [0.29, 0.717) is 19.3 Å². The standard InChI is InChI=1S/C21H17NO2/c23-19(11-14-5-7-16-3-1-2-4-17(16)9-14)12-15-6-8-20-18(10-15)13-21(24)22-20/h1-10H,11-13H2,(H,22,24). The summed E-state index contributed by atoms with van der Waals surface area (Å²) in [4.78, 5) is 23.8. The van der Waals surface area contributed by atoms with E-state index in [2.05, 4.69) is 29.6 Å². The molecule has 0 atom stereocenters. The van der Waals surface area contributed by atoms with E-state index in [4.69, 9.17) is 0 Å². The molecule has 0 aromatic heterocycles. The molecule has 0 spiro atoms. The molecule has 0 aliphatic carbocycles. The molecule has 0 saturated carbocycles. The minimum Gasteiger partial charge on any atom is -0.326 e. The maximum absolute atomic E-state index is 12.4. The van der Waals surface area contributed by atoms with E-state index in [1.54, 1.807) is 0 Å². The first-order valence-corrected chi connectivity index (χ1v) is 8.08. The van der Waals surface area contributed by atoms with Crippen LogP contribution < -0.4 is 5.32 Å². The molecule has 1 aliphatic heterocycles. The van der Waals surface area contributed by atoms with Gasteiger partial charge in [0, 0.05) is 18.5 Å². The second-order valence-electron chi connectivity index (χ2n) is 6.29. The van der Waals surface area contributed by atoms with Crippen LogP contribution in [0.2, 0.25) is 0 Å². The summed E-state index contributed by atoms with van der Waals surface area (Å²) in [6, 6.07) is 20.1. The van der Waals surface area contributed by atoms with Crippen LogP contribution in [0, 0.1) is 0 Å². The lowest BCUT2D eigenvalue weighted by Crippen LogP contribution is -2.06. The molecule has 1 amide bonds. The highest BCUT2D eigenvalue weighted by molar-refractivity contribution is 5.99. The highest BCUT2D eigenvalue weighted by Crippen LogP contribution is 2.24. The third-order valence-corrected chi connectivity index (χ3v) is 4.41. The van der Waals surface area contributed by atoms with Crippen molar-refractivity contribution in [2.45, 2.75) is 19.3 Å². The summed E-state index contributed by atoms with van der Waals surface area (Å²) in [5, 5.41) is 5.15. The van der Waals surface area contributed by atoms with Gasteiger partial charge in [0.05, 0.1) is 6.42 Å². The number of amides is 1. The summed E-state index contributed by atoms with van der Waals surface area (Å²) in [6.45, 7) is 0. The predicted octanol–water partition coefficient (Wildman–Crippen LogP) is 3.69. The molecular weight excluding hydrogens is 298 g/mol. The molecule has 1 N–H and O–H groups in total. The van der Waals surface area contributed by atoms with Crippen molar-refractivity contribution in [2.75, 3.05) is 5.32 Å².